The number of nitrogens with one attached hydrogen (secondary N) is 1. The van der Waals surface area contributed by atoms with Gasteiger partial charge in [0.15, 0.2) is 0 Å². The van der Waals surface area contributed by atoms with Gasteiger partial charge < -0.3 is 20.6 Å². The maximum Gasteiger partial charge on any atom is 0.142 e. The van der Waals surface area contributed by atoms with Crippen LogP contribution >= 0.6 is 0 Å². The lowest BCUT2D eigenvalue weighted by molar-refractivity contribution is -0.109. The summed E-state index contributed by atoms with van der Waals surface area (Å²) in [7, 11) is 0. The van der Waals surface area contributed by atoms with E-state index in [0.29, 0.717) is 12.1 Å². The number of nitrogens with two attached hydrogens (primary N) is 1. The van der Waals surface area contributed by atoms with Gasteiger partial charge in [-0.1, -0.05) is 91.0 Å². The van der Waals surface area contributed by atoms with Gasteiger partial charge in [-0.25, -0.2) is 0 Å². The number of para-hydroxylation sites is 2. The molecular formula is C30H28N2O2. The number of aryl methyl sites for hydroxylation is 1. The summed E-state index contributed by atoms with van der Waals surface area (Å²) in [6, 6.07) is 33.3. The number of nitrogen functional groups attached to an aromatic ring is 1. The molecule has 2 unspecified atom stereocenters. The standard InChI is InChI=1S/C30H28N2O2/c31-29-12-6-7-13-30(29)32-26(20-33)19-18-23-10-4-5-11-27(23)24-14-16-25(17-15-24)28(21-34)22-8-2-1-3-9-22/h1-17,20-21,26,28,32H,18-19,31H2. The summed E-state index contributed by atoms with van der Waals surface area (Å²) in [5.74, 6) is -0.282. The van der Waals surface area contributed by atoms with E-state index in [1.807, 2.05) is 78.9 Å². The van der Waals surface area contributed by atoms with Crippen molar-refractivity contribution in [2.75, 3.05) is 11.1 Å². The molecule has 3 N–H and O–H groups in total. The quantitative estimate of drug-likeness (QED) is 0.235. The molecule has 0 fully saturated rings. The van der Waals surface area contributed by atoms with Crippen molar-refractivity contribution in [1.29, 1.82) is 0 Å². The molecule has 2 atom stereocenters. The lowest BCUT2D eigenvalue weighted by Crippen LogP contribution is -2.22. The third kappa shape index (κ3) is 5.41. The van der Waals surface area contributed by atoms with E-state index in [1.54, 1.807) is 0 Å². The van der Waals surface area contributed by atoms with E-state index >= 15 is 0 Å². The lowest BCUT2D eigenvalue weighted by atomic mass is 9.90. The van der Waals surface area contributed by atoms with Gasteiger partial charge in [-0.05, 0) is 52.8 Å². The highest BCUT2D eigenvalue weighted by atomic mass is 16.1. The van der Waals surface area contributed by atoms with Crippen LogP contribution in [0.5, 0.6) is 0 Å². The highest BCUT2D eigenvalue weighted by Gasteiger charge is 2.14. The van der Waals surface area contributed by atoms with Crippen molar-refractivity contribution < 1.29 is 9.59 Å². The summed E-state index contributed by atoms with van der Waals surface area (Å²) in [5, 5.41) is 3.24. The van der Waals surface area contributed by atoms with Crippen LogP contribution in [0.25, 0.3) is 11.1 Å². The first kappa shape index (κ1) is 23.0. The molecule has 4 nitrogen and oxygen atoms in total. The molecule has 0 aromatic heterocycles. The number of hydrogen-bond donors (Lipinski definition) is 2. The predicted octanol–water partition coefficient (Wildman–Crippen LogP) is 5.88. The van der Waals surface area contributed by atoms with Crippen molar-refractivity contribution in [2.45, 2.75) is 24.8 Å². The summed E-state index contributed by atoms with van der Waals surface area (Å²) in [4.78, 5) is 23.5. The summed E-state index contributed by atoms with van der Waals surface area (Å²) in [6.07, 6.45) is 3.31. The molecule has 0 amide bonds. The Hall–Kier alpha value is -4.18. The molecule has 4 aromatic carbocycles. The van der Waals surface area contributed by atoms with Gasteiger partial charge in [0, 0.05) is 0 Å². The van der Waals surface area contributed by atoms with Gasteiger partial charge in [-0.15, -0.1) is 0 Å². The normalized spacial score (nSPS) is 12.5. The fraction of sp³-hybridized carbons (Fsp3) is 0.133. The molecular weight excluding hydrogens is 420 g/mol. The first-order valence-corrected chi connectivity index (χ1v) is 11.4. The van der Waals surface area contributed by atoms with E-state index in [2.05, 4.69) is 29.6 Å². The maximum absolute atomic E-state index is 11.8. The number of carbonyl (C=O) groups excluding carboxylic acids is 2. The topological polar surface area (TPSA) is 72.2 Å². The molecule has 0 aliphatic carbocycles. The average Bonchev–Trinajstić information content (AvgIpc) is 2.89. The monoisotopic (exact) mass is 448 g/mol. The number of rotatable bonds is 10. The smallest absolute Gasteiger partial charge is 0.142 e. The van der Waals surface area contributed by atoms with E-state index in [4.69, 9.17) is 5.73 Å². The largest absolute Gasteiger partial charge is 0.397 e. The summed E-state index contributed by atoms with van der Waals surface area (Å²) in [6.45, 7) is 0. The molecule has 0 saturated carbocycles. The van der Waals surface area contributed by atoms with Crippen molar-refractivity contribution in [1.82, 2.24) is 0 Å². The Kier molecular flexibility index (Phi) is 7.51. The molecule has 0 radical (unpaired) electrons. The van der Waals surface area contributed by atoms with Gasteiger partial charge in [-0.3, -0.25) is 0 Å². The number of anilines is 2. The maximum atomic E-state index is 11.8. The first-order valence-electron chi connectivity index (χ1n) is 11.4. The summed E-state index contributed by atoms with van der Waals surface area (Å²) in [5.41, 5.74) is 12.7. The van der Waals surface area contributed by atoms with Gasteiger partial charge >= 0.3 is 0 Å². The van der Waals surface area contributed by atoms with Gasteiger partial charge in [-0.2, -0.15) is 0 Å². The van der Waals surface area contributed by atoms with Gasteiger partial charge in [0.25, 0.3) is 0 Å². The van der Waals surface area contributed by atoms with Crippen molar-refractivity contribution in [2.24, 2.45) is 0 Å². The molecule has 0 heterocycles. The van der Waals surface area contributed by atoms with Gasteiger partial charge in [0.05, 0.1) is 23.3 Å². The molecule has 4 rings (SSSR count). The van der Waals surface area contributed by atoms with Crippen LogP contribution in [0.1, 0.15) is 29.0 Å². The van der Waals surface area contributed by atoms with E-state index in [-0.39, 0.29) is 12.0 Å². The molecule has 0 spiro atoms. The van der Waals surface area contributed by atoms with E-state index in [0.717, 1.165) is 46.9 Å². The summed E-state index contributed by atoms with van der Waals surface area (Å²) >= 11 is 0. The second-order valence-corrected chi connectivity index (χ2v) is 8.32. The SMILES string of the molecule is Nc1ccccc1NC(C=O)CCc1ccccc1-c1ccc(C(C=O)c2ccccc2)cc1. The fourth-order valence-electron chi connectivity index (χ4n) is 4.21. The zero-order chi connectivity index (χ0) is 23.8. The molecule has 0 bridgehead atoms. The number of benzene rings is 4. The van der Waals surface area contributed by atoms with Crippen LogP contribution in [0, 0.1) is 0 Å². The van der Waals surface area contributed by atoms with Crippen molar-refractivity contribution in [3.63, 3.8) is 0 Å². The lowest BCUT2D eigenvalue weighted by Gasteiger charge is -2.17. The number of aldehydes is 2. The second kappa shape index (κ2) is 11.1. The van der Waals surface area contributed by atoms with Crippen molar-refractivity contribution in [3.8, 4) is 11.1 Å². The van der Waals surface area contributed by atoms with Crippen LogP contribution < -0.4 is 11.1 Å². The Labute approximate surface area is 200 Å². The second-order valence-electron chi connectivity index (χ2n) is 8.32. The molecule has 4 aromatic rings. The van der Waals surface area contributed by atoms with Crippen molar-refractivity contribution in [3.05, 3.63) is 120 Å². The summed E-state index contributed by atoms with van der Waals surface area (Å²) < 4.78 is 0. The minimum Gasteiger partial charge on any atom is -0.397 e. The zero-order valence-electron chi connectivity index (χ0n) is 18.9. The van der Waals surface area contributed by atoms with Crippen LogP contribution in [0.15, 0.2) is 103 Å². The third-order valence-electron chi connectivity index (χ3n) is 6.08. The molecule has 0 aliphatic rings. The highest BCUT2D eigenvalue weighted by Crippen LogP contribution is 2.29. The van der Waals surface area contributed by atoms with Crippen LogP contribution in [0.2, 0.25) is 0 Å². The average molecular weight is 449 g/mol. The highest BCUT2D eigenvalue weighted by molar-refractivity contribution is 5.73. The molecule has 0 saturated heterocycles. The molecule has 170 valence electrons. The number of carbonyl (C=O) groups is 2. The Morgan fingerprint density at radius 2 is 1.35 bits per heavy atom. The molecule has 34 heavy (non-hydrogen) atoms. The van der Waals surface area contributed by atoms with Gasteiger partial charge in [0.2, 0.25) is 0 Å². The van der Waals surface area contributed by atoms with E-state index < -0.39 is 0 Å². The van der Waals surface area contributed by atoms with Crippen LogP contribution in [-0.4, -0.2) is 18.6 Å². The Morgan fingerprint density at radius 1 is 0.706 bits per heavy atom. The number of hydrogen-bond acceptors (Lipinski definition) is 4. The molecule has 0 aliphatic heterocycles. The van der Waals surface area contributed by atoms with Crippen LogP contribution in [0.4, 0.5) is 11.4 Å². The Morgan fingerprint density at radius 3 is 2.06 bits per heavy atom. The zero-order valence-corrected chi connectivity index (χ0v) is 18.9. The minimum absolute atomic E-state index is 0.282. The minimum atomic E-state index is -0.334. The van der Waals surface area contributed by atoms with Crippen molar-refractivity contribution >= 4 is 23.9 Å². The third-order valence-corrected chi connectivity index (χ3v) is 6.08. The Bertz CT molecular complexity index is 1240. The van der Waals surface area contributed by atoms with Crippen LogP contribution in [0.3, 0.4) is 0 Å². The van der Waals surface area contributed by atoms with Crippen LogP contribution in [-0.2, 0) is 16.0 Å². The van der Waals surface area contributed by atoms with Gasteiger partial charge in [0.1, 0.15) is 12.6 Å². The fourth-order valence-corrected chi connectivity index (χ4v) is 4.21. The predicted molar refractivity (Wildman–Crippen MR) is 139 cm³/mol. The Balaban J connectivity index is 1.50. The molecule has 4 heteroatoms. The van der Waals surface area contributed by atoms with E-state index in [1.165, 1.54) is 5.56 Å². The van der Waals surface area contributed by atoms with E-state index in [9.17, 15) is 9.59 Å². The first-order chi connectivity index (χ1) is 16.7.